The van der Waals surface area contributed by atoms with Gasteiger partial charge in [0.05, 0.1) is 37.3 Å². The van der Waals surface area contributed by atoms with E-state index in [0.29, 0.717) is 37.6 Å². The maximum atomic E-state index is 13.5. The summed E-state index contributed by atoms with van der Waals surface area (Å²) < 4.78 is 13.1. The third kappa shape index (κ3) is 6.76. The second kappa shape index (κ2) is 11.4. The molecule has 0 spiro atoms. The van der Waals surface area contributed by atoms with Crippen molar-refractivity contribution in [1.29, 1.82) is 0 Å². The summed E-state index contributed by atoms with van der Waals surface area (Å²) >= 11 is 0. The minimum atomic E-state index is -0.390. The predicted molar refractivity (Wildman–Crippen MR) is 133 cm³/mol. The smallest absolute Gasteiger partial charge is 0.272 e. The molecule has 2 heterocycles. The zero-order chi connectivity index (χ0) is 24.7. The Morgan fingerprint density at radius 1 is 1.35 bits per heavy atom. The first-order chi connectivity index (χ1) is 16.2. The standard InChI is InChI=1S/C26H37N5O3/c1-7-21-15-20(11-12-24(21)34-19(2)3)9-8-10-23(27-16-22-17-30(6)29-28-22)25(32)31-13-14-33-18-26(31,4)5/h10-12,15-17,19H,7-9,13-14,18H2,1-6H3/b23-10+,27-16+. The number of hydrogen-bond acceptors (Lipinski definition) is 6. The van der Waals surface area contributed by atoms with Crippen LogP contribution in [0.2, 0.25) is 0 Å². The van der Waals surface area contributed by atoms with Gasteiger partial charge in [0.1, 0.15) is 17.1 Å². The Balaban J connectivity index is 1.79. The average Bonchev–Trinajstić information content (AvgIpc) is 3.20. The maximum absolute atomic E-state index is 13.5. The lowest BCUT2D eigenvalue weighted by Gasteiger charge is -2.42. The number of nitrogens with zero attached hydrogens (tertiary/aromatic N) is 5. The summed E-state index contributed by atoms with van der Waals surface area (Å²) in [6, 6.07) is 6.34. The maximum Gasteiger partial charge on any atom is 0.272 e. The van der Waals surface area contributed by atoms with Gasteiger partial charge in [-0.1, -0.05) is 30.3 Å². The molecule has 1 saturated heterocycles. The number of rotatable bonds is 9. The molecular weight excluding hydrogens is 430 g/mol. The highest BCUT2D eigenvalue weighted by Crippen LogP contribution is 2.24. The summed E-state index contributed by atoms with van der Waals surface area (Å²) in [6.07, 6.45) is 7.82. The number of morpholine rings is 1. The molecule has 0 radical (unpaired) electrons. The summed E-state index contributed by atoms with van der Waals surface area (Å²) in [5, 5.41) is 7.97. The Labute approximate surface area is 202 Å². The number of aromatic nitrogens is 3. The van der Waals surface area contributed by atoms with Crippen LogP contribution in [-0.2, 0) is 29.4 Å². The van der Waals surface area contributed by atoms with Gasteiger partial charge in [-0.2, -0.15) is 0 Å². The van der Waals surface area contributed by atoms with Crippen molar-refractivity contribution in [3.05, 3.63) is 53.0 Å². The largest absolute Gasteiger partial charge is 0.491 e. The van der Waals surface area contributed by atoms with Crippen molar-refractivity contribution in [1.82, 2.24) is 19.9 Å². The lowest BCUT2D eigenvalue weighted by Crippen LogP contribution is -2.55. The van der Waals surface area contributed by atoms with E-state index < -0.39 is 5.54 Å². The summed E-state index contributed by atoms with van der Waals surface area (Å²) in [4.78, 5) is 19.8. The first-order valence-corrected chi connectivity index (χ1v) is 12.0. The topological polar surface area (TPSA) is 81.8 Å². The van der Waals surface area contributed by atoms with Gasteiger partial charge in [0.2, 0.25) is 0 Å². The van der Waals surface area contributed by atoms with Crippen LogP contribution in [0.4, 0.5) is 0 Å². The Morgan fingerprint density at radius 2 is 2.15 bits per heavy atom. The van der Waals surface area contributed by atoms with E-state index in [9.17, 15) is 4.79 Å². The molecule has 1 aromatic heterocycles. The van der Waals surface area contributed by atoms with Crippen LogP contribution in [0, 0.1) is 0 Å². The molecule has 0 N–H and O–H groups in total. The zero-order valence-corrected chi connectivity index (χ0v) is 21.2. The third-order valence-corrected chi connectivity index (χ3v) is 5.70. The van der Waals surface area contributed by atoms with Crippen molar-refractivity contribution in [3.63, 3.8) is 0 Å². The molecule has 3 rings (SSSR count). The van der Waals surface area contributed by atoms with Crippen molar-refractivity contribution in [2.45, 2.75) is 65.5 Å². The van der Waals surface area contributed by atoms with Crippen molar-refractivity contribution in [2.24, 2.45) is 12.0 Å². The van der Waals surface area contributed by atoms with Gasteiger partial charge in [-0.05, 0) is 64.2 Å². The summed E-state index contributed by atoms with van der Waals surface area (Å²) in [5.41, 5.74) is 3.04. The monoisotopic (exact) mass is 467 g/mol. The van der Waals surface area contributed by atoms with Gasteiger partial charge in [-0.25, -0.2) is 4.99 Å². The Bertz CT molecular complexity index is 1040. The second-order valence-corrected chi connectivity index (χ2v) is 9.49. The number of aliphatic imine (C=N–C) groups is 1. The summed E-state index contributed by atoms with van der Waals surface area (Å²) in [5.74, 6) is 0.846. The molecule has 1 aliphatic heterocycles. The minimum absolute atomic E-state index is 0.0941. The number of allylic oxidation sites excluding steroid dienone is 1. The van der Waals surface area contributed by atoms with Gasteiger partial charge in [0, 0.05) is 13.6 Å². The predicted octanol–water partition coefficient (Wildman–Crippen LogP) is 3.74. The van der Waals surface area contributed by atoms with E-state index in [4.69, 9.17) is 9.47 Å². The lowest BCUT2D eigenvalue weighted by molar-refractivity contribution is -0.142. The highest BCUT2D eigenvalue weighted by atomic mass is 16.5. The van der Waals surface area contributed by atoms with Crippen LogP contribution >= 0.6 is 0 Å². The van der Waals surface area contributed by atoms with E-state index in [1.807, 2.05) is 44.7 Å². The number of aryl methyl sites for hydroxylation is 3. The number of carbonyl (C=O) groups is 1. The Kier molecular flexibility index (Phi) is 8.61. The van der Waals surface area contributed by atoms with Gasteiger partial charge in [-0.15, -0.1) is 5.10 Å². The second-order valence-electron chi connectivity index (χ2n) is 9.49. The van der Waals surface area contributed by atoms with Crippen LogP contribution in [0.5, 0.6) is 5.75 Å². The van der Waals surface area contributed by atoms with E-state index in [1.165, 1.54) is 11.1 Å². The molecule has 184 valence electrons. The summed E-state index contributed by atoms with van der Waals surface area (Å²) in [7, 11) is 1.80. The fraction of sp³-hybridized carbons (Fsp3) is 0.538. The molecule has 8 heteroatoms. The highest BCUT2D eigenvalue weighted by molar-refractivity contribution is 5.96. The van der Waals surface area contributed by atoms with E-state index >= 15 is 0 Å². The molecule has 1 amide bonds. The van der Waals surface area contributed by atoms with E-state index in [-0.39, 0.29) is 12.0 Å². The first kappa shape index (κ1) is 25.6. The van der Waals surface area contributed by atoms with Crippen molar-refractivity contribution >= 4 is 12.1 Å². The minimum Gasteiger partial charge on any atom is -0.491 e. The van der Waals surface area contributed by atoms with Gasteiger partial charge < -0.3 is 14.4 Å². The number of carbonyl (C=O) groups excluding carboxylic acids is 1. The molecule has 0 bridgehead atoms. The normalized spacial score (nSPS) is 16.4. The Hall–Kier alpha value is -3.00. The molecular formula is C26H37N5O3. The number of benzene rings is 1. The lowest BCUT2D eigenvalue weighted by atomic mass is 10.0. The molecule has 1 fully saturated rings. The fourth-order valence-corrected chi connectivity index (χ4v) is 3.94. The summed E-state index contributed by atoms with van der Waals surface area (Å²) in [6.45, 7) is 11.8. The Morgan fingerprint density at radius 3 is 2.79 bits per heavy atom. The van der Waals surface area contributed by atoms with E-state index in [1.54, 1.807) is 24.1 Å². The molecule has 0 aliphatic carbocycles. The molecule has 8 nitrogen and oxygen atoms in total. The molecule has 1 aromatic carbocycles. The molecule has 2 aromatic rings. The number of ether oxygens (including phenoxy) is 2. The van der Waals surface area contributed by atoms with Crippen LogP contribution in [0.3, 0.4) is 0 Å². The number of hydrogen-bond donors (Lipinski definition) is 0. The van der Waals surface area contributed by atoms with E-state index in [2.05, 4.69) is 34.4 Å². The van der Waals surface area contributed by atoms with Crippen LogP contribution in [0.15, 0.2) is 41.2 Å². The van der Waals surface area contributed by atoms with Gasteiger partial charge in [-0.3, -0.25) is 9.48 Å². The van der Waals surface area contributed by atoms with Crippen molar-refractivity contribution in [3.8, 4) is 5.75 Å². The molecule has 1 aliphatic rings. The van der Waals surface area contributed by atoms with Gasteiger partial charge in [0.15, 0.2) is 0 Å². The highest BCUT2D eigenvalue weighted by Gasteiger charge is 2.35. The van der Waals surface area contributed by atoms with Gasteiger partial charge >= 0.3 is 0 Å². The number of amides is 1. The van der Waals surface area contributed by atoms with Crippen molar-refractivity contribution < 1.29 is 14.3 Å². The quantitative estimate of drug-likeness (QED) is 0.415. The molecule has 0 saturated carbocycles. The van der Waals surface area contributed by atoms with Crippen LogP contribution < -0.4 is 4.74 Å². The van der Waals surface area contributed by atoms with Crippen molar-refractivity contribution in [2.75, 3.05) is 19.8 Å². The SMILES string of the molecule is CCc1cc(CC/C=C(/N=C/c2cn(C)nn2)C(=O)N2CCOCC2(C)C)ccc1OC(C)C. The molecule has 34 heavy (non-hydrogen) atoms. The average molecular weight is 468 g/mol. The van der Waals surface area contributed by atoms with Gasteiger partial charge in [0.25, 0.3) is 5.91 Å². The third-order valence-electron chi connectivity index (χ3n) is 5.70. The first-order valence-electron chi connectivity index (χ1n) is 12.0. The van der Waals surface area contributed by atoms with Crippen LogP contribution in [0.25, 0.3) is 0 Å². The van der Waals surface area contributed by atoms with Crippen LogP contribution in [-0.4, -0.2) is 63.4 Å². The van der Waals surface area contributed by atoms with E-state index in [0.717, 1.165) is 18.6 Å². The fourth-order valence-electron chi connectivity index (χ4n) is 3.94. The van der Waals surface area contributed by atoms with Crippen LogP contribution in [0.1, 0.15) is 57.9 Å². The molecule has 0 atom stereocenters. The zero-order valence-electron chi connectivity index (χ0n) is 21.2. The molecule has 0 unspecified atom stereocenters.